The molecule has 4 rings (SSSR count). The summed E-state index contributed by atoms with van der Waals surface area (Å²) in [5.41, 5.74) is 3.13. The molecule has 1 aliphatic rings. The van der Waals surface area contributed by atoms with Gasteiger partial charge in [0.1, 0.15) is 35.1 Å². The number of nitrogens with zero attached hydrogens (tertiary/aromatic N) is 2. The molecule has 7 nitrogen and oxygen atoms in total. The van der Waals surface area contributed by atoms with E-state index in [2.05, 4.69) is 14.9 Å². The molecule has 1 aromatic heterocycles. The molecule has 0 spiro atoms. The standard InChI is InChI=1S/C23H27N3O4/c1-14-10-16(11-15(2)21(14)30-9-8-26-6-5-7-26)22-24-18-12-17(28-3)13-19(29-4)20(18)23(27)25-22/h10-13H,5-9H2,1-4H3,(H,24,25,27). The van der Waals surface area contributed by atoms with Gasteiger partial charge in [0.15, 0.2) is 0 Å². The lowest BCUT2D eigenvalue weighted by Crippen LogP contribution is -2.39. The minimum Gasteiger partial charge on any atom is -0.497 e. The van der Waals surface area contributed by atoms with E-state index >= 15 is 0 Å². The maximum absolute atomic E-state index is 12.8. The second kappa shape index (κ2) is 8.36. The van der Waals surface area contributed by atoms with Gasteiger partial charge in [-0.05, 0) is 56.6 Å². The van der Waals surface area contributed by atoms with Crippen molar-refractivity contribution in [2.45, 2.75) is 20.3 Å². The van der Waals surface area contributed by atoms with Crippen LogP contribution in [0.1, 0.15) is 17.5 Å². The van der Waals surface area contributed by atoms with Crippen LogP contribution in [0.5, 0.6) is 17.2 Å². The molecule has 0 atom stereocenters. The molecular weight excluding hydrogens is 382 g/mol. The van der Waals surface area contributed by atoms with Gasteiger partial charge in [-0.1, -0.05) is 0 Å². The third-order valence-corrected chi connectivity index (χ3v) is 5.54. The summed E-state index contributed by atoms with van der Waals surface area (Å²) in [6, 6.07) is 7.41. The van der Waals surface area contributed by atoms with Crippen molar-refractivity contribution in [1.29, 1.82) is 0 Å². The number of likely N-dealkylation sites (tertiary alicyclic amines) is 1. The molecule has 1 aliphatic heterocycles. The lowest BCUT2D eigenvalue weighted by Gasteiger charge is -2.30. The van der Waals surface area contributed by atoms with Crippen LogP contribution < -0.4 is 19.8 Å². The third kappa shape index (κ3) is 3.85. The number of aryl methyl sites for hydroxylation is 2. The number of hydrogen-bond donors (Lipinski definition) is 1. The Labute approximate surface area is 175 Å². The summed E-state index contributed by atoms with van der Waals surface area (Å²) in [5, 5.41) is 0.404. The van der Waals surface area contributed by atoms with Crippen molar-refractivity contribution >= 4 is 10.9 Å². The van der Waals surface area contributed by atoms with Crippen molar-refractivity contribution in [3.05, 3.63) is 45.7 Å². The first-order valence-corrected chi connectivity index (χ1v) is 10.1. The zero-order chi connectivity index (χ0) is 21.3. The number of aromatic amines is 1. The minimum absolute atomic E-state index is 0.250. The van der Waals surface area contributed by atoms with Gasteiger partial charge in [0, 0.05) is 24.2 Å². The van der Waals surface area contributed by atoms with Crippen molar-refractivity contribution in [2.24, 2.45) is 0 Å². The zero-order valence-electron chi connectivity index (χ0n) is 17.9. The van der Waals surface area contributed by atoms with Gasteiger partial charge in [0.25, 0.3) is 5.56 Å². The van der Waals surface area contributed by atoms with Crippen LogP contribution in [0, 0.1) is 13.8 Å². The number of rotatable bonds is 7. The van der Waals surface area contributed by atoms with E-state index in [4.69, 9.17) is 14.2 Å². The van der Waals surface area contributed by atoms with Gasteiger partial charge in [0.05, 0.1) is 19.7 Å². The van der Waals surface area contributed by atoms with Gasteiger partial charge in [-0.3, -0.25) is 9.69 Å². The molecule has 1 saturated heterocycles. The van der Waals surface area contributed by atoms with Crippen LogP contribution in [0.15, 0.2) is 29.1 Å². The summed E-state index contributed by atoms with van der Waals surface area (Å²) in [4.78, 5) is 22.7. The molecule has 1 N–H and O–H groups in total. The topological polar surface area (TPSA) is 76.7 Å². The molecule has 0 amide bonds. The second-order valence-corrected chi connectivity index (χ2v) is 7.62. The van der Waals surface area contributed by atoms with Gasteiger partial charge in [-0.15, -0.1) is 0 Å². The van der Waals surface area contributed by atoms with Crippen molar-refractivity contribution in [2.75, 3.05) is 40.5 Å². The lowest BCUT2D eigenvalue weighted by atomic mass is 10.0. The Morgan fingerprint density at radius 1 is 1.07 bits per heavy atom. The molecule has 0 saturated carbocycles. The highest BCUT2D eigenvalue weighted by molar-refractivity contribution is 5.87. The number of fused-ring (bicyclic) bond motifs is 1. The van der Waals surface area contributed by atoms with E-state index in [9.17, 15) is 4.79 Å². The van der Waals surface area contributed by atoms with Crippen LogP contribution in [-0.4, -0.2) is 55.3 Å². The van der Waals surface area contributed by atoms with Gasteiger partial charge in [-0.2, -0.15) is 0 Å². The third-order valence-electron chi connectivity index (χ3n) is 5.54. The van der Waals surface area contributed by atoms with E-state index in [0.29, 0.717) is 34.8 Å². The molecule has 3 aromatic rings. The predicted octanol–water partition coefficient (Wildman–Crippen LogP) is 3.31. The molecule has 0 unspecified atom stereocenters. The van der Waals surface area contributed by atoms with Crippen molar-refractivity contribution < 1.29 is 14.2 Å². The van der Waals surface area contributed by atoms with Crippen molar-refractivity contribution in [3.8, 4) is 28.6 Å². The zero-order valence-corrected chi connectivity index (χ0v) is 17.9. The highest BCUT2D eigenvalue weighted by atomic mass is 16.5. The molecule has 2 heterocycles. The fourth-order valence-corrected chi connectivity index (χ4v) is 3.82. The SMILES string of the molecule is COc1cc(OC)c2c(=O)[nH]c(-c3cc(C)c(OCCN4CCC4)c(C)c3)nc2c1. The number of benzene rings is 2. The number of H-pyrrole nitrogens is 1. The quantitative estimate of drug-likeness (QED) is 0.645. The Kier molecular flexibility index (Phi) is 5.63. The smallest absolute Gasteiger partial charge is 0.262 e. The average Bonchev–Trinajstić information content (AvgIpc) is 2.69. The van der Waals surface area contributed by atoms with E-state index in [-0.39, 0.29) is 5.56 Å². The first-order valence-electron chi connectivity index (χ1n) is 10.1. The van der Waals surface area contributed by atoms with Gasteiger partial charge in [0.2, 0.25) is 0 Å². The van der Waals surface area contributed by atoms with Crippen LogP contribution in [0.25, 0.3) is 22.3 Å². The molecule has 30 heavy (non-hydrogen) atoms. The maximum atomic E-state index is 12.8. The highest BCUT2D eigenvalue weighted by Gasteiger charge is 2.16. The number of aromatic nitrogens is 2. The molecule has 0 bridgehead atoms. The van der Waals surface area contributed by atoms with Crippen LogP contribution in [0.4, 0.5) is 0 Å². The molecule has 1 fully saturated rings. The summed E-state index contributed by atoms with van der Waals surface area (Å²) < 4.78 is 16.7. The number of nitrogens with one attached hydrogen (secondary N) is 1. The lowest BCUT2D eigenvalue weighted by molar-refractivity contribution is 0.146. The molecular formula is C23H27N3O4. The highest BCUT2D eigenvalue weighted by Crippen LogP contribution is 2.31. The second-order valence-electron chi connectivity index (χ2n) is 7.62. The predicted molar refractivity (Wildman–Crippen MR) is 117 cm³/mol. The van der Waals surface area contributed by atoms with Crippen LogP contribution in [0.3, 0.4) is 0 Å². The van der Waals surface area contributed by atoms with Gasteiger partial charge >= 0.3 is 0 Å². The fraction of sp³-hybridized carbons (Fsp3) is 0.391. The first-order chi connectivity index (χ1) is 14.5. The Balaban J connectivity index is 1.68. The maximum Gasteiger partial charge on any atom is 0.262 e. The van der Waals surface area contributed by atoms with E-state index in [0.717, 1.165) is 42.1 Å². The van der Waals surface area contributed by atoms with E-state index in [1.165, 1.54) is 13.5 Å². The fourth-order valence-electron chi connectivity index (χ4n) is 3.82. The Morgan fingerprint density at radius 2 is 1.80 bits per heavy atom. The number of methoxy groups -OCH3 is 2. The Hall–Kier alpha value is -3.06. The Morgan fingerprint density at radius 3 is 2.40 bits per heavy atom. The normalized spacial score (nSPS) is 13.9. The number of hydrogen-bond acceptors (Lipinski definition) is 6. The van der Waals surface area contributed by atoms with Crippen LogP contribution in [-0.2, 0) is 0 Å². The summed E-state index contributed by atoms with van der Waals surface area (Å²) >= 11 is 0. The summed E-state index contributed by atoms with van der Waals surface area (Å²) in [6.45, 7) is 7.98. The average molecular weight is 409 g/mol. The van der Waals surface area contributed by atoms with E-state index in [1.54, 1.807) is 19.2 Å². The van der Waals surface area contributed by atoms with Crippen LogP contribution in [0.2, 0.25) is 0 Å². The van der Waals surface area contributed by atoms with Crippen molar-refractivity contribution in [3.63, 3.8) is 0 Å². The number of ether oxygens (including phenoxy) is 3. The minimum atomic E-state index is -0.250. The first kappa shape index (κ1) is 20.2. The summed E-state index contributed by atoms with van der Waals surface area (Å²) in [5.74, 6) is 2.41. The van der Waals surface area contributed by atoms with Crippen LogP contribution >= 0.6 is 0 Å². The molecule has 2 aromatic carbocycles. The monoisotopic (exact) mass is 409 g/mol. The molecule has 7 heteroatoms. The van der Waals surface area contributed by atoms with E-state index in [1.807, 2.05) is 26.0 Å². The van der Waals surface area contributed by atoms with Gasteiger partial charge in [-0.25, -0.2) is 4.98 Å². The largest absolute Gasteiger partial charge is 0.497 e. The van der Waals surface area contributed by atoms with E-state index < -0.39 is 0 Å². The summed E-state index contributed by atoms with van der Waals surface area (Å²) in [7, 11) is 3.09. The molecule has 0 aliphatic carbocycles. The Bertz CT molecular complexity index is 1110. The van der Waals surface area contributed by atoms with Gasteiger partial charge < -0.3 is 19.2 Å². The summed E-state index contributed by atoms with van der Waals surface area (Å²) in [6.07, 6.45) is 1.28. The molecule has 0 radical (unpaired) electrons. The molecule has 158 valence electrons. The van der Waals surface area contributed by atoms with Crippen molar-refractivity contribution in [1.82, 2.24) is 14.9 Å².